The summed E-state index contributed by atoms with van der Waals surface area (Å²) < 4.78 is 22.8. The molecule has 0 radical (unpaired) electrons. The van der Waals surface area contributed by atoms with Crippen molar-refractivity contribution in [3.8, 4) is 0 Å². The Morgan fingerprint density at radius 1 is 1.38 bits per heavy atom. The van der Waals surface area contributed by atoms with Crippen molar-refractivity contribution < 1.29 is 28.8 Å². The summed E-state index contributed by atoms with van der Waals surface area (Å²) in [5.41, 5.74) is -0.517. The number of halogens is 1. The fraction of sp³-hybridized carbons (Fsp3) is 0.773. The Balaban J connectivity index is 1.74. The summed E-state index contributed by atoms with van der Waals surface area (Å²) in [6.07, 6.45) is 6.01. The molecule has 0 unspecified atom stereocenters. The molecule has 7 heteroatoms. The van der Waals surface area contributed by atoms with Gasteiger partial charge in [0.25, 0.3) is 0 Å². The molecule has 3 rings (SSSR count). The number of allylic oxidation sites excluding steroid dienone is 1. The van der Waals surface area contributed by atoms with E-state index < -0.39 is 35.3 Å². The van der Waals surface area contributed by atoms with Crippen molar-refractivity contribution in [1.82, 2.24) is 0 Å². The molecular formula is C22H33ClO6. The maximum absolute atomic E-state index is 12.3. The number of methoxy groups -OCH3 is 1. The molecule has 3 fully saturated rings. The minimum absolute atomic E-state index is 0.0178. The summed E-state index contributed by atoms with van der Waals surface area (Å²) in [5.74, 6) is -0.767. The molecule has 0 aromatic heterocycles. The lowest BCUT2D eigenvalue weighted by molar-refractivity contribution is -0.189. The summed E-state index contributed by atoms with van der Waals surface area (Å²) in [5, 5.41) is 11.3. The quantitative estimate of drug-likeness (QED) is 0.210. The minimum Gasteiger partial charge on any atom is -0.456 e. The van der Waals surface area contributed by atoms with Gasteiger partial charge in [-0.1, -0.05) is 11.6 Å². The second-order valence-electron chi connectivity index (χ2n) is 8.90. The first-order valence-corrected chi connectivity index (χ1v) is 10.8. The van der Waals surface area contributed by atoms with Crippen molar-refractivity contribution in [2.45, 2.75) is 88.7 Å². The topological polar surface area (TPSA) is 80.8 Å². The first kappa shape index (κ1) is 22.8. The average molecular weight is 429 g/mol. The molecule has 2 aliphatic heterocycles. The van der Waals surface area contributed by atoms with Crippen LogP contribution in [0.15, 0.2) is 23.8 Å². The third-order valence-corrected chi connectivity index (χ3v) is 6.89. The van der Waals surface area contributed by atoms with Crippen LogP contribution in [0.1, 0.15) is 47.0 Å². The molecule has 0 aromatic carbocycles. The van der Waals surface area contributed by atoms with Gasteiger partial charge in [-0.2, -0.15) is 0 Å². The zero-order valence-corrected chi connectivity index (χ0v) is 18.6. The van der Waals surface area contributed by atoms with Crippen molar-refractivity contribution in [2.75, 3.05) is 13.0 Å². The summed E-state index contributed by atoms with van der Waals surface area (Å²) in [7, 11) is 1.57. The van der Waals surface area contributed by atoms with Gasteiger partial charge < -0.3 is 24.1 Å². The molecule has 1 aliphatic carbocycles. The van der Waals surface area contributed by atoms with E-state index in [2.05, 4.69) is 6.08 Å². The Labute approximate surface area is 178 Å². The predicted molar refractivity (Wildman–Crippen MR) is 110 cm³/mol. The second-order valence-corrected chi connectivity index (χ2v) is 9.17. The van der Waals surface area contributed by atoms with Crippen molar-refractivity contribution in [3.05, 3.63) is 23.8 Å². The van der Waals surface area contributed by atoms with Gasteiger partial charge >= 0.3 is 5.97 Å². The summed E-state index contributed by atoms with van der Waals surface area (Å²) in [4.78, 5) is 12.3. The Morgan fingerprint density at radius 3 is 2.62 bits per heavy atom. The van der Waals surface area contributed by atoms with Gasteiger partial charge in [-0.3, -0.25) is 0 Å². The Kier molecular flexibility index (Phi) is 6.81. The lowest BCUT2D eigenvalue weighted by Crippen LogP contribution is -2.61. The number of rotatable bonds is 8. The van der Waals surface area contributed by atoms with Gasteiger partial charge in [0.15, 0.2) is 0 Å². The smallest absolute Gasteiger partial charge is 0.330 e. The third-order valence-electron chi connectivity index (χ3n) is 6.42. The highest BCUT2D eigenvalue weighted by Crippen LogP contribution is 2.54. The number of carbonyl (C=O) groups is 1. The largest absolute Gasteiger partial charge is 0.456 e. The molecule has 8 atom stereocenters. The Morgan fingerprint density at radius 2 is 2.07 bits per heavy atom. The van der Waals surface area contributed by atoms with Crippen LogP contribution in [-0.4, -0.2) is 65.8 Å². The van der Waals surface area contributed by atoms with Crippen LogP contribution < -0.4 is 0 Å². The van der Waals surface area contributed by atoms with E-state index in [1.165, 1.54) is 11.6 Å². The molecule has 1 saturated carbocycles. The highest BCUT2D eigenvalue weighted by atomic mass is 35.5. The minimum atomic E-state index is -1.15. The van der Waals surface area contributed by atoms with E-state index in [4.69, 9.17) is 30.5 Å². The lowest BCUT2D eigenvalue weighted by Gasteiger charge is -2.48. The number of carbonyl (C=O) groups excluding carboxylic acids is 1. The van der Waals surface area contributed by atoms with Crippen LogP contribution in [0.25, 0.3) is 0 Å². The van der Waals surface area contributed by atoms with Crippen LogP contribution in [0.2, 0.25) is 0 Å². The number of esters is 1. The van der Waals surface area contributed by atoms with Crippen LogP contribution >= 0.6 is 11.6 Å². The van der Waals surface area contributed by atoms with Gasteiger partial charge in [0.2, 0.25) is 0 Å². The maximum atomic E-state index is 12.3. The number of alkyl halides is 1. The van der Waals surface area contributed by atoms with Gasteiger partial charge in [-0.05, 0) is 53.0 Å². The van der Waals surface area contributed by atoms with E-state index in [9.17, 15) is 9.90 Å². The number of ether oxygens (including phenoxy) is 4. The van der Waals surface area contributed by atoms with Gasteiger partial charge in [0.1, 0.15) is 23.9 Å². The first-order chi connectivity index (χ1) is 13.6. The standard InChI is InChI=1S/C22H33ClO6/c1-13(2)6-8-17-21(4,29-17)20-19(26-5)16(10-11-22(20,25)12-23)28-18(24)9-7-15-14(3)27-15/h6-7,9,14-17,19-20,25H,8,10-12H2,1-5H3/b9-7+/t14-,15-,16+,17+,19+,20+,21+,22-/m1/s1. The van der Waals surface area contributed by atoms with Crippen molar-refractivity contribution in [2.24, 2.45) is 5.92 Å². The molecule has 2 heterocycles. The average Bonchev–Trinajstić information content (AvgIpc) is 3.56. The van der Waals surface area contributed by atoms with Crippen molar-refractivity contribution in [3.63, 3.8) is 0 Å². The van der Waals surface area contributed by atoms with Gasteiger partial charge in [0, 0.05) is 13.2 Å². The molecule has 2 saturated heterocycles. The Hall–Kier alpha value is -0.920. The van der Waals surface area contributed by atoms with Gasteiger partial charge in [-0.15, -0.1) is 11.6 Å². The summed E-state index contributed by atoms with van der Waals surface area (Å²) in [6, 6.07) is 0. The molecule has 6 nitrogen and oxygen atoms in total. The summed E-state index contributed by atoms with van der Waals surface area (Å²) >= 11 is 6.20. The van der Waals surface area contributed by atoms with Gasteiger partial charge in [-0.25, -0.2) is 4.79 Å². The fourth-order valence-electron chi connectivity index (χ4n) is 4.59. The van der Waals surface area contributed by atoms with E-state index in [0.29, 0.717) is 12.8 Å². The molecule has 0 spiro atoms. The highest BCUT2D eigenvalue weighted by Gasteiger charge is 2.67. The van der Waals surface area contributed by atoms with Crippen LogP contribution in [0, 0.1) is 5.92 Å². The van der Waals surface area contributed by atoms with E-state index in [1.807, 2.05) is 27.7 Å². The summed E-state index contributed by atoms with van der Waals surface area (Å²) in [6.45, 7) is 8.02. The molecule has 3 aliphatic rings. The zero-order valence-electron chi connectivity index (χ0n) is 17.9. The van der Waals surface area contributed by atoms with Crippen LogP contribution in [0.4, 0.5) is 0 Å². The van der Waals surface area contributed by atoms with Crippen LogP contribution in [-0.2, 0) is 23.7 Å². The third kappa shape index (κ3) is 4.88. The van der Waals surface area contributed by atoms with Crippen LogP contribution in [0.3, 0.4) is 0 Å². The predicted octanol–water partition coefficient (Wildman–Crippen LogP) is 3.15. The van der Waals surface area contributed by atoms with Gasteiger partial charge in [0.05, 0.1) is 29.6 Å². The Bertz CT molecular complexity index is 674. The van der Waals surface area contributed by atoms with Crippen molar-refractivity contribution in [1.29, 1.82) is 0 Å². The highest BCUT2D eigenvalue weighted by molar-refractivity contribution is 6.18. The normalized spacial score (nSPS) is 43.8. The number of aliphatic hydroxyl groups is 1. The number of epoxide rings is 2. The fourth-order valence-corrected chi connectivity index (χ4v) is 4.89. The van der Waals surface area contributed by atoms with E-state index >= 15 is 0 Å². The van der Waals surface area contributed by atoms with Crippen molar-refractivity contribution >= 4 is 17.6 Å². The van der Waals surface area contributed by atoms with E-state index in [0.717, 1.165) is 6.42 Å². The first-order valence-electron chi connectivity index (χ1n) is 10.3. The zero-order chi connectivity index (χ0) is 21.4. The molecule has 164 valence electrons. The van der Waals surface area contributed by atoms with Crippen LogP contribution in [0.5, 0.6) is 0 Å². The number of hydrogen-bond donors (Lipinski definition) is 1. The number of hydrogen-bond acceptors (Lipinski definition) is 6. The second kappa shape index (κ2) is 8.67. The molecule has 0 bridgehead atoms. The monoisotopic (exact) mass is 428 g/mol. The molecular weight excluding hydrogens is 396 g/mol. The molecule has 29 heavy (non-hydrogen) atoms. The van der Waals surface area contributed by atoms with E-state index in [-0.39, 0.29) is 24.2 Å². The SMILES string of the molecule is CO[C@H]1[C@@H](OC(=O)/C=C/[C@H]2O[C@@H]2C)CC[C@@](O)(CCl)[C@@H]1[C@@]1(C)O[C@H]1CC=C(C)C. The molecule has 1 N–H and O–H groups in total. The maximum Gasteiger partial charge on any atom is 0.330 e. The molecule has 0 amide bonds. The van der Waals surface area contributed by atoms with E-state index in [1.54, 1.807) is 13.2 Å². The lowest BCUT2D eigenvalue weighted by atomic mass is 9.66. The molecule has 0 aromatic rings.